The Labute approximate surface area is 60.5 Å². The average molecular weight is 138 g/mol. The summed E-state index contributed by atoms with van der Waals surface area (Å²) in [7, 11) is 0. The molecule has 3 heteroatoms. The Morgan fingerprint density at radius 1 is 1.30 bits per heavy atom. The highest BCUT2D eigenvalue weighted by molar-refractivity contribution is 4.81. The molecule has 0 amide bonds. The largest absolute Gasteiger partial charge is 0.378 e. The average Bonchev–Trinajstić information content (AvgIpc) is 1.98. The molecule has 0 aromatic heterocycles. The van der Waals surface area contributed by atoms with E-state index in [2.05, 4.69) is 0 Å². The van der Waals surface area contributed by atoms with Gasteiger partial charge in [-0.2, -0.15) is 10.5 Å². The standard InChI is InChI=1S/C7H10N2O/c8-5-3-1-2-4-7(10)6-9/h7,10H,1-4H2. The molecular weight excluding hydrogens is 128 g/mol. The lowest BCUT2D eigenvalue weighted by molar-refractivity contribution is 0.215. The topological polar surface area (TPSA) is 67.8 Å². The van der Waals surface area contributed by atoms with Crippen LogP contribution in [-0.2, 0) is 0 Å². The predicted molar refractivity (Wildman–Crippen MR) is 35.7 cm³/mol. The molecule has 1 atom stereocenters. The monoisotopic (exact) mass is 138 g/mol. The van der Waals surface area contributed by atoms with E-state index in [4.69, 9.17) is 15.6 Å². The minimum absolute atomic E-state index is 0.484. The Balaban J connectivity index is 3.07. The molecule has 0 rings (SSSR count). The van der Waals surface area contributed by atoms with E-state index in [0.717, 1.165) is 12.8 Å². The minimum Gasteiger partial charge on any atom is -0.378 e. The Morgan fingerprint density at radius 3 is 2.50 bits per heavy atom. The molecule has 0 aliphatic heterocycles. The lowest BCUT2D eigenvalue weighted by Crippen LogP contribution is -2.00. The summed E-state index contributed by atoms with van der Waals surface area (Å²) in [5, 5.41) is 25.0. The lowest BCUT2D eigenvalue weighted by atomic mass is 10.1. The number of nitriles is 2. The molecule has 10 heavy (non-hydrogen) atoms. The Bertz CT molecular complexity index is 154. The van der Waals surface area contributed by atoms with Crippen molar-refractivity contribution in [3.63, 3.8) is 0 Å². The molecule has 0 bridgehead atoms. The highest BCUT2D eigenvalue weighted by Gasteiger charge is 1.98. The van der Waals surface area contributed by atoms with Crippen molar-refractivity contribution in [2.24, 2.45) is 0 Å². The highest BCUT2D eigenvalue weighted by Crippen LogP contribution is 2.01. The van der Waals surface area contributed by atoms with E-state index in [1.165, 1.54) is 0 Å². The van der Waals surface area contributed by atoms with E-state index >= 15 is 0 Å². The summed E-state index contributed by atoms with van der Waals surface area (Å²) in [4.78, 5) is 0. The first-order chi connectivity index (χ1) is 4.81. The van der Waals surface area contributed by atoms with Gasteiger partial charge in [0.2, 0.25) is 0 Å². The van der Waals surface area contributed by atoms with Crippen molar-refractivity contribution < 1.29 is 5.11 Å². The second-order valence-corrected chi connectivity index (χ2v) is 2.05. The third kappa shape index (κ3) is 5.08. The van der Waals surface area contributed by atoms with E-state index in [-0.39, 0.29) is 0 Å². The Kier molecular flexibility index (Phi) is 5.42. The number of unbranched alkanes of at least 4 members (excludes halogenated alkanes) is 2. The second-order valence-electron chi connectivity index (χ2n) is 2.05. The molecule has 0 aliphatic carbocycles. The van der Waals surface area contributed by atoms with Crippen molar-refractivity contribution in [3.05, 3.63) is 0 Å². The fourth-order valence-corrected chi connectivity index (χ4v) is 0.606. The summed E-state index contributed by atoms with van der Waals surface area (Å²) < 4.78 is 0. The Morgan fingerprint density at radius 2 is 2.00 bits per heavy atom. The van der Waals surface area contributed by atoms with E-state index in [9.17, 15) is 0 Å². The van der Waals surface area contributed by atoms with Crippen molar-refractivity contribution in [2.75, 3.05) is 0 Å². The first kappa shape index (κ1) is 8.94. The molecule has 3 nitrogen and oxygen atoms in total. The van der Waals surface area contributed by atoms with Gasteiger partial charge in [0.1, 0.15) is 6.10 Å². The number of nitrogens with zero attached hydrogens (tertiary/aromatic N) is 2. The van der Waals surface area contributed by atoms with Crippen LogP contribution in [0.2, 0.25) is 0 Å². The van der Waals surface area contributed by atoms with Gasteiger partial charge in [-0.05, 0) is 19.3 Å². The van der Waals surface area contributed by atoms with Gasteiger partial charge in [0.05, 0.1) is 12.1 Å². The zero-order valence-electron chi connectivity index (χ0n) is 5.75. The van der Waals surface area contributed by atoms with E-state index in [0.29, 0.717) is 12.8 Å². The summed E-state index contributed by atoms with van der Waals surface area (Å²) in [5.41, 5.74) is 0. The SMILES string of the molecule is N#CCCCCC(O)C#N. The van der Waals surface area contributed by atoms with Gasteiger partial charge in [0.15, 0.2) is 0 Å². The predicted octanol–water partition coefficient (Wildman–Crippen LogP) is 0.955. The molecule has 1 N–H and O–H groups in total. The number of hydrogen-bond donors (Lipinski definition) is 1. The molecule has 1 unspecified atom stereocenters. The quantitative estimate of drug-likeness (QED) is 0.464. The third-order valence-electron chi connectivity index (χ3n) is 1.17. The minimum atomic E-state index is -0.848. The number of hydrogen-bond acceptors (Lipinski definition) is 3. The van der Waals surface area contributed by atoms with Crippen LogP contribution in [0.15, 0.2) is 0 Å². The molecule has 54 valence electrons. The van der Waals surface area contributed by atoms with Crippen LogP contribution in [-0.4, -0.2) is 11.2 Å². The maximum Gasteiger partial charge on any atom is 0.140 e. The molecule has 0 heterocycles. The molecule has 0 saturated carbocycles. The summed E-state index contributed by atoms with van der Waals surface area (Å²) in [6, 6.07) is 3.71. The van der Waals surface area contributed by atoms with Gasteiger partial charge in [-0.1, -0.05) is 0 Å². The van der Waals surface area contributed by atoms with Crippen molar-refractivity contribution in [3.8, 4) is 12.1 Å². The maximum atomic E-state index is 8.71. The third-order valence-corrected chi connectivity index (χ3v) is 1.17. The zero-order chi connectivity index (χ0) is 7.82. The van der Waals surface area contributed by atoms with E-state index in [1.54, 1.807) is 6.07 Å². The molecule has 0 saturated heterocycles. The van der Waals surface area contributed by atoms with Crippen LogP contribution in [0.25, 0.3) is 0 Å². The van der Waals surface area contributed by atoms with Crippen molar-refractivity contribution in [2.45, 2.75) is 31.8 Å². The molecule has 0 radical (unpaired) electrons. The van der Waals surface area contributed by atoms with Crippen molar-refractivity contribution >= 4 is 0 Å². The van der Waals surface area contributed by atoms with Crippen LogP contribution < -0.4 is 0 Å². The van der Waals surface area contributed by atoms with Crippen LogP contribution in [0, 0.1) is 22.7 Å². The molecule has 0 aromatic rings. The van der Waals surface area contributed by atoms with Gasteiger partial charge in [-0.15, -0.1) is 0 Å². The van der Waals surface area contributed by atoms with Crippen LogP contribution in [0.1, 0.15) is 25.7 Å². The smallest absolute Gasteiger partial charge is 0.140 e. The van der Waals surface area contributed by atoms with Gasteiger partial charge >= 0.3 is 0 Å². The van der Waals surface area contributed by atoms with Gasteiger partial charge in [-0.3, -0.25) is 0 Å². The first-order valence-electron chi connectivity index (χ1n) is 3.26. The van der Waals surface area contributed by atoms with Gasteiger partial charge < -0.3 is 5.11 Å². The molecule has 0 fully saturated rings. The fraction of sp³-hybridized carbons (Fsp3) is 0.714. The van der Waals surface area contributed by atoms with Gasteiger partial charge in [0.25, 0.3) is 0 Å². The fourth-order valence-electron chi connectivity index (χ4n) is 0.606. The van der Waals surface area contributed by atoms with Crippen molar-refractivity contribution in [1.82, 2.24) is 0 Å². The highest BCUT2D eigenvalue weighted by atomic mass is 16.3. The zero-order valence-corrected chi connectivity index (χ0v) is 5.75. The normalized spacial score (nSPS) is 11.5. The Hall–Kier alpha value is -1.06. The van der Waals surface area contributed by atoms with Crippen LogP contribution in [0.5, 0.6) is 0 Å². The number of aliphatic hydroxyl groups is 1. The molecule has 0 spiro atoms. The maximum absolute atomic E-state index is 8.71. The summed E-state index contributed by atoms with van der Waals surface area (Å²) in [6.45, 7) is 0. The second kappa shape index (κ2) is 6.07. The van der Waals surface area contributed by atoms with Gasteiger partial charge in [0, 0.05) is 6.42 Å². The lowest BCUT2D eigenvalue weighted by Gasteiger charge is -1.97. The molecular formula is C7H10N2O. The summed E-state index contributed by atoms with van der Waals surface area (Å²) in [5.74, 6) is 0. The van der Waals surface area contributed by atoms with E-state index < -0.39 is 6.10 Å². The number of aliphatic hydroxyl groups excluding tert-OH is 1. The summed E-state index contributed by atoms with van der Waals surface area (Å²) >= 11 is 0. The molecule has 0 aliphatic rings. The van der Waals surface area contributed by atoms with Crippen molar-refractivity contribution in [1.29, 1.82) is 10.5 Å². The number of rotatable bonds is 4. The van der Waals surface area contributed by atoms with Crippen LogP contribution in [0.4, 0.5) is 0 Å². The van der Waals surface area contributed by atoms with Crippen LogP contribution in [0.3, 0.4) is 0 Å². The van der Waals surface area contributed by atoms with E-state index in [1.807, 2.05) is 6.07 Å². The summed E-state index contributed by atoms with van der Waals surface area (Å²) in [6.07, 6.45) is 1.67. The van der Waals surface area contributed by atoms with Crippen LogP contribution >= 0.6 is 0 Å². The molecule has 0 aromatic carbocycles. The van der Waals surface area contributed by atoms with Gasteiger partial charge in [-0.25, -0.2) is 0 Å². The first-order valence-corrected chi connectivity index (χ1v) is 3.26.